The molecule has 2 aromatic rings. The van der Waals surface area contributed by atoms with Gasteiger partial charge in [0.1, 0.15) is 11.5 Å². The normalized spacial score (nSPS) is 11.3. The predicted octanol–water partition coefficient (Wildman–Crippen LogP) is 3.94. The van der Waals surface area contributed by atoms with Crippen LogP contribution in [0.1, 0.15) is 5.56 Å². The number of alkyl halides is 3. The highest BCUT2D eigenvalue weighted by Gasteiger charge is 2.31. The fourth-order valence-electron chi connectivity index (χ4n) is 1.21. The number of rotatable bonds is 2. The second kappa shape index (κ2) is 4.81. The molecule has 0 saturated heterocycles. The average molecular weight is 275 g/mol. The lowest BCUT2D eigenvalue weighted by molar-refractivity contribution is -0.137. The summed E-state index contributed by atoms with van der Waals surface area (Å²) in [6.07, 6.45) is 0.170. The van der Waals surface area contributed by atoms with Crippen LogP contribution in [0.25, 0.3) is 0 Å². The lowest BCUT2D eigenvalue weighted by Gasteiger charge is -2.09. The summed E-state index contributed by atoms with van der Waals surface area (Å²) in [4.78, 5) is 7.22. The minimum absolute atomic E-state index is 0.0334. The fraction of sp³-hybridized carbons (Fsp3) is 0.0909. The van der Waals surface area contributed by atoms with Crippen molar-refractivity contribution in [2.75, 3.05) is 0 Å². The maximum absolute atomic E-state index is 12.4. The Bertz CT molecular complexity index is 560. The molecule has 0 spiro atoms. The van der Waals surface area contributed by atoms with Gasteiger partial charge >= 0.3 is 6.18 Å². The summed E-state index contributed by atoms with van der Waals surface area (Å²) in [5.74, 6) is 0.206. The molecule has 2 aromatic heterocycles. The van der Waals surface area contributed by atoms with E-state index in [2.05, 4.69) is 9.97 Å². The minimum Gasteiger partial charge on any atom is -0.454 e. The summed E-state index contributed by atoms with van der Waals surface area (Å²) < 4.78 is 42.5. The standard InChI is InChI=1S/C11H6ClF3N2O/c12-8-2-10(6-17-4-8)18-9-1-7(3-16-5-9)11(13,14)15/h1-6H. The van der Waals surface area contributed by atoms with Gasteiger partial charge in [0.25, 0.3) is 0 Å². The van der Waals surface area contributed by atoms with E-state index in [1.807, 2.05) is 0 Å². The highest BCUT2D eigenvalue weighted by atomic mass is 35.5. The third-order valence-electron chi connectivity index (χ3n) is 1.96. The molecule has 3 nitrogen and oxygen atoms in total. The number of ether oxygens (including phenoxy) is 1. The van der Waals surface area contributed by atoms with E-state index in [0.717, 1.165) is 12.3 Å². The van der Waals surface area contributed by atoms with Crippen molar-refractivity contribution < 1.29 is 17.9 Å². The quantitative estimate of drug-likeness (QED) is 0.832. The Kier molecular flexibility index (Phi) is 3.38. The number of aromatic nitrogens is 2. The van der Waals surface area contributed by atoms with E-state index >= 15 is 0 Å². The van der Waals surface area contributed by atoms with Crippen molar-refractivity contribution in [1.82, 2.24) is 9.97 Å². The Morgan fingerprint density at radius 1 is 0.944 bits per heavy atom. The van der Waals surface area contributed by atoms with Crippen molar-refractivity contribution in [3.63, 3.8) is 0 Å². The van der Waals surface area contributed by atoms with E-state index in [1.54, 1.807) is 0 Å². The van der Waals surface area contributed by atoms with Crippen LogP contribution in [-0.4, -0.2) is 9.97 Å². The van der Waals surface area contributed by atoms with Gasteiger partial charge in [-0.1, -0.05) is 11.6 Å². The molecule has 0 amide bonds. The monoisotopic (exact) mass is 274 g/mol. The summed E-state index contributed by atoms with van der Waals surface area (Å²) in [6, 6.07) is 2.29. The zero-order valence-corrected chi connectivity index (χ0v) is 9.53. The Morgan fingerprint density at radius 2 is 1.56 bits per heavy atom. The maximum Gasteiger partial charge on any atom is 0.418 e. The number of pyridine rings is 2. The van der Waals surface area contributed by atoms with E-state index in [1.165, 1.54) is 24.7 Å². The Labute approximate surface area is 105 Å². The summed E-state index contributed by atoms with van der Waals surface area (Å²) in [7, 11) is 0. The van der Waals surface area contributed by atoms with Gasteiger partial charge in [-0.25, -0.2) is 0 Å². The zero-order chi connectivity index (χ0) is 13.2. The molecule has 7 heteroatoms. The zero-order valence-electron chi connectivity index (χ0n) is 8.78. The van der Waals surface area contributed by atoms with Crippen LogP contribution in [0, 0.1) is 0 Å². The van der Waals surface area contributed by atoms with Crippen LogP contribution < -0.4 is 4.74 Å². The van der Waals surface area contributed by atoms with E-state index in [0.29, 0.717) is 5.02 Å². The minimum atomic E-state index is -4.46. The third kappa shape index (κ3) is 3.10. The largest absolute Gasteiger partial charge is 0.454 e. The van der Waals surface area contributed by atoms with E-state index in [9.17, 15) is 13.2 Å². The number of hydrogen-bond acceptors (Lipinski definition) is 3. The predicted molar refractivity (Wildman–Crippen MR) is 58.6 cm³/mol. The lowest BCUT2D eigenvalue weighted by atomic mass is 10.3. The van der Waals surface area contributed by atoms with Gasteiger partial charge in [-0.15, -0.1) is 0 Å². The molecule has 0 N–H and O–H groups in total. The molecule has 0 aliphatic rings. The van der Waals surface area contributed by atoms with Gasteiger partial charge in [-0.3, -0.25) is 9.97 Å². The molecule has 2 heterocycles. The summed E-state index contributed by atoms with van der Waals surface area (Å²) in [5, 5.41) is 0.326. The molecular formula is C11H6ClF3N2O. The molecule has 0 fully saturated rings. The topological polar surface area (TPSA) is 35.0 Å². The highest BCUT2D eigenvalue weighted by Crippen LogP contribution is 2.32. The van der Waals surface area contributed by atoms with Crippen LogP contribution in [0.4, 0.5) is 13.2 Å². The van der Waals surface area contributed by atoms with Gasteiger partial charge in [0.15, 0.2) is 0 Å². The molecular weight excluding hydrogens is 269 g/mol. The molecule has 94 valence electrons. The maximum atomic E-state index is 12.4. The summed E-state index contributed by atoms with van der Waals surface area (Å²) in [6.45, 7) is 0. The molecule has 0 aliphatic carbocycles. The van der Waals surface area contributed by atoms with Gasteiger partial charge in [0, 0.05) is 18.5 Å². The van der Waals surface area contributed by atoms with Crippen molar-refractivity contribution in [2.45, 2.75) is 6.18 Å². The van der Waals surface area contributed by atoms with Crippen LogP contribution in [0.2, 0.25) is 5.02 Å². The molecule has 2 rings (SSSR count). The van der Waals surface area contributed by atoms with Crippen molar-refractivity contribution in [2.24, 2.45) is 0 Å². The van der Waals surface area contributed by atoms with Crippen LogP contribution in [-0.2, 0) is 6.18 Å². The van der Waals surface area contributed by atoms with Crippen molar-refractivity contribution in [3.8, 4) is 11.5 Å². The van der Waals surface area contributed by atoms with E-state index in [4.69, 9.17) is 16.3 Å². The SMILES string of the molecule is FC(F)(F)c1cncc(Oc2cncc(Cl)c2)c1. The van der Waals surface area contributed by atoms with Crippen LogP contribution in [0.5, 0.6) is 11.5 Å². The smallest absolute Gasteiger partial charge is 0.418 e. The molecule has 0 radical (unpaired) electrons. The summed E-state index contributed by atoms with van der Waals surface area (Å²) >= 11 is 5.68. The number of nitrogens with zero attached hydrogens (tertiary/aromatic N) is 2. The third-order valence-corrected chi connectivity index (χ3v) is 2.16. The van der Waals surface area contributed by atoms with Crippen LogP contribution in [0.15, 0.2) is 36.9 Å². The fourth-order valence-corrected chi connectivity index (χ4v) is 1.38. The molecule has 0 aliphatic heterocycles. The van der Waals surface area contributed by atoms with Crippen molar-refractivity contribution >= 4 is 11.6 Å². The highest BCUT2D eigenvalue weighted by molar-refractivity contribution is 6.30. The molecule has 0 atom stereocenters. The average Bonchev–Trinajstić information content (AvgIpc) is 2.28. The lowest BCUT2D eigenvalue weighted by Crippen LogP contribution is -2.05. The molecule has 0 aromatic carbocycles. The Morgan fingerprint density at radius 3 is 2.17 bits per heavy atom. The molecule has 0 bridgehead atoms. The van der Waals surface area contributed by atoms with Gasteiger partial charge in [0.2, 0.25) is 0 Å². The van der Waals surface area contributed by atoms with Gasteiger partial charge in [-0.05, 0) is 6.07 Å². The second-order valence-corrected chi connectivity index (χ2v) is 3.78. The van der Waals surface area contributed by atoms with Crippen LogP contribution in [0.3, 0.4) is 0 Å². The molecule has 18 heavy (non-hydrogen) atoms. The molecule has 0 unspecified atom stereocenters. The van der Waals surface area contributed by atoms with Gasteiger partial charge in [-0.2, -0.15) is 13.2 Å². The van der Waals surface area contributed by atoms with Crippen molar-refractivity contribution in [3.05, 3.63) is 47.5 Å². The number of hydrogen-bond donors (Lipinski definition) is 0. The summed E-state index contributed by atoms with van der Waals surface area (Å²) in [5.41, 5.74) is -0.880. The first-order valence-corrected chi connectivity index (χ1v) is 5.13. The van der Waals surface area contributed by atoms with E-state index < -0.39 is 11.7 Å². The first kappa shape index (κ1) is 12.6. The first-order valence-electron chi connectivity index (χ1n) is 4.76. The Balaban J connectivity index is 2.25. The Hall–Kier alpha value is -1.82. The number of halogens is 4. The van der Waals surface area contributed by atoms with Gasteiger partial charge in [0.05, 0.1) is 23.0 Å². The van der Waals surface area contributed by atoms with E-state index in [-0.39, 0.29) is 11.5 Å². The first-order chi connectivity index (χ1) is 8.45. The van der Waals surface area contributed by atoms with Crippen LogP contribution >= 0.6 is 11.6 Å². The second-order valence-electron chi connectivity index (χ2n) is 3.35. The van der Waals surface area contributed by atoms with Gasteiger partial charge < -0.3 is 4.74 Å². The molecule has 0 saturated carbocycles. The van der Waals surface area contributed by atoms with Crippen molar-refractivity contribution in [1.29, 1.82) is 0 Å².